The lowest BCUT2D eigenvalue weighted by molar-refractivity contribution is -0.132. The smallest absolute Gasteiger partial charge is 0.328 e. The van der Waals surface area contributed by atoms with Gasteiger partial charge in [-0.15, -0.1) is 0 Å². The van der Waals surface area contributed by atoms with Crippen LogP contribution >= 0.6 is 0 Å². The van der Waals surface area contributed by atoms with E-state index in [4.69, 9.17) is 9.47 Å². The number of carbonyl (C=O) groups excluding carboxylic acids is 4. The normalized spacial score (nSPS) is 13.6. The first kappa shape index (κ1) is 20.5. The number of imide groups is 2. The number of allylic oxidation sites excluding steroid dienone is 2. The van der Waals surface area contributed by atoms with Crippen molar-refractivity contribution in [2.75, 3.05) is 0 Å². The van der Waals surface area contributed by atoms with Gasteiger partial charge in [0.15, 0.2) is 0 Å². The van der Waals surface area contributed by atoms with Crippen molar-refractivity contribution < 1.29 is 28.7 Å². The van der Waals surface area contributed by atoms with Crippen LogP contribution < -0.4 is 20.1 Å². The van der Waals surface area contributed by atoms with Gasteiger partial charge >= 0.3 is 12.0 Å². The zero-order valence-electron chi connectivity index (χ0n) is 16.0. The van der Waals surface area contributed by atoms with Crippen molar-refractivity contribution in [1.82, 2.24) is 10.6 Å². The minimum atomic E-state index is -0.831. The molecule has 4 amide bonds. The van der Waals surface area contributed by atoms with Gasteiger partial charge < -0.3 is 9.47 Å². The van der Waals surface area contributed by atoms with Crippen molar-refractivity contribution in [2.24, 2.45) is 0 Å². The van der Waals surface area contributed by atoms with E-state index in [0.717, 1.165) is 11.1 Å². The molecule has 1 fully saturated rings. The van der Waals surface area contributed by atoms with E-state index >= 15 is 0 Å². The quantitative estimate of drug-likeness (QED) is 0.330. The molecule has 3 rings (SSSR count). The van der Waals surface area contributed by atoms with Gasteiger partial charge in [0, 0.05) is 6.92 Å². The van der Waals surface area contributed by atoms with E-state index in [1.54, 1.807) is 36.4 Å². The number of hydrogen-bond acceptors (Lipinski definition) is 6. The molecule has 1 saturated heterocycles. The number of esters is 1. The van der Waals surface area contributed by atoms with Crippen molar-refractivity contribution in [2.45, 2.75) is 13.5 Å². The van der Waals surface area contributed by atoms with Crippen molar-refractivity contribution in [3.8, 4) is 11.5 Å². The van der Waals surface area contributed by atoms with Crippen LogP contribution in [0.2, 0.25) is 0 Å². The summed E-state index contributed by atoms with van der Waals surface area (Å²) in [5.41, 5.74) is 1.60. The van der Waals surface area contributed by atoms with Crippen molar-refractivity contribution in [1.29, 1.82) is 0 Å². The average molecular weight is 406 g/mol. The summed E-state index contributed by atoms with van der Waals surface area (Å²) in [5.74, 6) is -0.702. The molecule has 2 N–H and O–H groups in total. The number of ether oxygens (including phenoxy) is 2. The summed E-state index contributed by atoms with van der Waals surface area (Å²) in [5, 5.41) is 4.01. The van der Waals surface area contributed by atoms with Gasteiger partial charge in [-0.05, 0) is 41.5 Å². The summed E-state index contributed by atoms with van der Waals surface area (Å²) in [6, 6.07) is 13.4. The Bertz CT molecular complexity index is 1010. The molecular formula is C22H18N2O6. The molecule has 2 aromatic rings. The van der Waals surface area contributed by atoms with E-state index in [-0.39, 0.29) is 11.5 Å². The van der Waals surface area contributed by atoms with Crippen LogP contribution in [0.4, 0.5) is 4.79 Å². The summed E-state index contributed by atoms with van der Waals surface area (Å²) in [4.78, 5) is 45.2. The van der Waals surface area contributed by atoms with Gasteiger partial charge in [0.1, 0.15) is 23.7 Å². The largest absolute Gasteiger partial charge is 0.489 e. The number of carbonyl (C=O) groups is 4. The zero-order chi connectivity index (χ0) is 21.5. The molecular weight excluding hydrogens is 388 g/mol. The molecule has 0 aromatic heterocycles. The molecule has 0 atom stereocenters. The van der Waals surface area contributed by atoms with E-state index in [0.29, 0.717) is 18.1 Å². The van der Waals surface area contributed by atoms with Crippen molar-refractivity contribution in [3.63, 3.8) is 0 Å². The molecule has 0 saturated carbocycles. The Morgan fingerprint density at radius 3 is 2.10 bits per heavy atom. The Morgan fingerprint density at radius 2 is 1.50 bits per heavy atom. The van der Waals surface area contributed by atoms with E-state index in [1.165, 1.54) is 13.0 Å². The number of amides is 4. The maximum absolute atomic E-state index is 11.6. The lowest BCUT2D eigenvalue weighted by Gasteiger charge is -2.12. The van der Waals surface area contributed by atoms with Crippen LogP contribution in [0.15, 0.2) is 66.3 Å². The molecule has 152 valence electrons. The molecule has 0 spiro atoms. The topological polar surface area (TPSA) is 111 Å². The number of urea groups is 1. The molecule has 1 aliphatic rings. The van der Waals surface area contributed by atoms with Crippen LogP contribution in [-0.2, 0) is 21.0 Å². The minimum Gasteiger partial charge on any atom is -0.489 e. The van der Waals surface area contributed by atoms with Crippen LogP contribution in [0.1, 0.15) is 18.1 Å². The van der Waals surface area contributed by atoms with Gasteiger partial charge in [0.2, 0.25) is 0 Å². The highest BCUT2D eigenvalue weighted by molar-refractivity contribution is 6.29. The van der Waals surface area contributed by atoms with Crippen LogP contribution in [0.25, 0.3) is 6.08 Å². The maximum Gasteiger partial charge on any atom is 0.328 e. The molecule has 1 aliphatic heterocycles. The molecule has 1 heterocycles. The number of benzene rings is 2. The van der Waals surface area contributed by atoms with Gasteiger partial charge in [-0.1, -0.05) is 36.4 Å². The second-order valence-electron chi connectivity index (χ2n) is 6.27. The van der Waals surface area contributed by atoms with Crippen LogP contribution in [0, 0.1) is 0 Å². The maximum atomic E-state index is 11.6. The minimum absolute atomic E-state index is 0.148. The first-order valence-electron chi connectivity index (χ1n) is 8.96. The Labute approximate surface area is 172 Å². The first-order valence-corrected chi connectivity index (χ1v) is 8.96. The molecule has 0 unspecified atom stereocenters. The molecule has 8 nitrogen and oxygen atoms in total. The van der Waals surface area contributed by atoms with E-state index in [9.17, 15) is 19.2 Å². The Morgan fingerprint density at radius 1 is 0.900 bits per heavy atom. The number of hydrogen-bond donors (Lipinski definition) is 2. The second kappa shape index (κ2) is 9.33. The summed E-state index contributed by atoms with van der Waals surface area (Å²) in [6.07, 6.45) is 4.59. The first-order chi connectivity index (χ1) is 14.4. The average Bonchev–Trinajstić information content (AvgIpc) is 2.70. The third kappa shape index (κ3) is 5.65. The predicted octanol–water partition coefficient (Wildman–Crippen LogP) is 2.50. The highest BCUT2D eigenvalue weighted by Gasteiger charge is 2.26. The van der Waals surface area contributed by atoms with Gasteiger partial charge in [0.05, 0.1) is 0 Å². The van der Waals surface area contributed by atoms with Crippen molar-refractivity contribution >= 4 is 29.9 Å². The highest BCUT2D eigenvalue weighted by atomic mass is 16.5. The van der Waals surface area contributed by atoms with E-state index in [1.807, 2.05) is 34.9 Å². The lowest BCUT2D eigenvalue weighted by atomic mass is 10.1. The van der Waals surface area contributed by atoms with Crippen LogP contribution in [0.5, 0.6) is 11.5 Å². The summed E-state index contributed by atoms with van der Waals surface area (Å²) >= 11 is 0. The Hall–Kier alpha value is -4.20. The number of rotatable bonds is 6. The molecule has 30 heavy (non-hydrogen) atoms. The van der Waals surface area contributed by atoms with Gasteiger partial charge in [0.25, 0.3) is 11.8 Å². The Balaban J connectivity index is 1.55. The zero-order valence-corrected chi connectivity index (χ0v) is 16.0. The van der Waals surface area contributed by atoms with Crippen LogP contribution in [-0.4, -0.2) is 23.8 Å². The fraction of sp³-hybridized carbons (Fsp3) is 0.0909. The summed E-state index contributed by atoms with van der Waals surface area (Å²) in [7, 11) is 0. The molecule has 0 radical (unpaired) electrons. The lowest BCUT2D eigenvalue weighted by Crippen LogP contribution is -2.51. The third-order valence-electron chi connectivity index (χ3n) is 3.97. The molecule has 0 bridgehead atoms. The highest BCUT2D eigenvalue weighted by Crippen LogP contribution is 2.17. The number of nitrogens with one attached hydrogen (secondary N) is 2. The van der Waals surface area contributed by atoms with Gasteiger partial charge in [-0.2, -0.15) is 0 Å². The van der Waals surface area contributed by atoms with Crippen LogP contribution in [0.3, 0.4) is 0 Å². The van der Waals surface area contributed by atoms with Crippen molar-refractivity contribution in [3.05, 3.63) is 77.4 Å². The molecule has 8 heteroatoms. The second-order valence-corrected chi connectivity index (χ2v) is 6.27. The monoisotopic (exact) mass is 406 g/mol. The predicted molar refractivity (Wildman–Crippen MR) is 107 cm³/mol. The van der Waals surface area contributed by atoms with Gasteiger partial charge in [-0.3, -0.25) is 25.0 Å². The summed E-state index contributed by atoms with van der Waals surface area (Å²) in [6.45, 7) is 1.70. The molecule has 2 aromatic carbocycles. The Kier molecular flexibility index (Phi) is 6.39. The fourth-order valence-corrected chi connectivity index (χ4v) is 2.54. The number of barbiturate groups is 1. The third-order valence-corrected chi connectivity index (χ3v) is 3.97. The summed E-state index contributed by atoms with van der Waals surface area (Å²) < 4.78 is 10.7. The van der Waals surface area contributed by atoms with Gasteiger partial charge in [-0.25, -0.2) is 4.79 Å². The van der Waals surface area contributed by atoms with E-state index in [2.05, 4.69) is 0 Å². The molecule has 0 aliphatic carbocycles. The standard InChI is InChI=1S/C22H18N2O6/c1-14(25)30-18-11-7-16(8-12-18)13-29-17-9-5-15(6-10-17)3-2-4-19-20(26)23-22(28)24-21(19)27/h2-12H,13H2,1H3,(H2,23,24,26,27,28)/b3-2+. The van der Waals surface area contributed by atoms with E-state index < -0.39 is 17.8 Å². The SMILES string of the molecule is CC(=O)Oc1ccc(COc2ccc(/C=C/C=C3C(=O)NC(=O)NC3=O)cc2)cc1. The fourth-order valence-electron chi connectivity index (χ4n) is 2.54.